The van der Waals surface area contributed by atoms with Crippen LogP contribution in [0, 0.1) is 5.92 Å². The quantitative estimate of drug-likeness (QED) is 0.762. The van der Waals surface area contributed by atoms with Crippen LogP contribution in [-0.4, -0.2) is 22.2 Å². The van der Waals surface area contributed by atoms with Crippen LogP contribution in [0.4, 0.5) is 5.69 Å². The number of nitrogens with one attached hydrogen (secondary N) is 1. The van der Waals surface area contributed by atoms with Crippen LogP contribution < -0.4 is 11.1 Å². The first-order chi connectivity index (χ1) is 7.20. The topological polar surface area (TPSA) is 72.9 Å². The van der Waals surface area contributed by atoms with Crippen molar-refractivity contribution in [2.24, 2.45) is 5.92 Å². The van der Waals surface area contributed by atoms with Crippen molar-refractivity contribution in [3.05, 3.63) is 11.9 Å². The van der Waals surface area contributed by atoms with E-state index in [-0.39, 0.29) is 5.91 Å². The highest BCUT2D eigenvalue weighted by Crippen LogP contribution is 2.27. The van der Waals surface area contributed by atoms with Crippen LogP contribution in [0.25, 0.3) is 0 Å². The van der Waals surface area contributed by atoms with E-state index in [1.165, 1.54) is 12.8 Å². The maximum atomic E-state index is 11.7. The Balaban J connectivity index is 1.99. The lowest BCUT2D eigenvalue weighted by Crippen LogP contribution is -2.26. The highest BCUT2D eigenvalue weighted by atomic mass is 16.2. The number of amides is 1. The molecule has 0 aromatic carbocycles. The smallest absolute Gasteiger partial charge is 0.273 e. The number of nitrogen functional groups attached to an aromatic ring is 1. The predicted octanol–water partition coefficient (Wildman–Crippen LogP) is 0.625. The van der Waals surface area contributed by atoms with Gasteiger partial charge in [0.25, 0.3) is 5.91 Å². The second-order valence-electron chi connectivity index (χ2n) is 3.94. The average molecular weight is 208 g/mol. The van der Waals surface area contributed by atoms with Crippen LogP contribution >= 0.6 is 0 Å². The molecule has 0 spiro atoms. The number of carbonyl (C=O) groups excluding carboxylic acids is 1. The van der Waals surface area contributed by atoms with E-state index < -0.39 is 0 Å². The molecule has 1 aliphatic rings. The fourth-order valence-corrected chi connectivity index (χ4v) is 1.42. The molecule has 1 saturated carbocycles. The number of hydrogen-bond donors (Lipinski definition) is 2. The lowest BCUT2D eigenvalue weighted by molar-refractivity contribution is 0.0947. The number of nitrogens with two attached hydrogens (primary N) is 1. The average Bonchev–Trinajstić information content (AvgIpc) is 2.97. The van der Waals surface area contributed by atoms with Gasteiger partial charge in [-0.15, -0.1) is 0 Å². The number of nitrogens with zero attached hydrogens (tertiary/aromatic N) is 2. The SMILES string of the molecule is CCn1cc(N)c(C(=O)NCC2CC2)n1. The lowest BCUT2D eigenvalue weighted by atomic mass is 10.3. The molecular weight excluding hydrogens is 192 g/mol. The third-order valence-electron chi connectivity index (χ3n) is 2.58. The highest BCUT2D eigenvalue weighted by Gasteiger charge is 2.23. The van der Waals surface area contributed by atoms with Crippen molar-refractivity contribution < 1.29 is 4.79 Å². The van der Waals surface area contributed by atoms with Crippen molar-refractivity contribution in [3.8, 4) is 0 Å². The zero-order chi connectivity index (χ0) is 10.8. The van der Waals surface area contributed by atoms with Gasteiger partial charge in [0.1, 0.15) is 0 Å². The van der Waals surface area contributed by atoms with Gasteiger partial charge in [-0.3, -0.25) is 9.48 Å². The normalized spacial score (nSPS) is 15.3. The summed E-state index contributed by atoms with van der Waals surface area (Å²) in [6.07, 6.45) is 4.13. The summed E-state index contributed by atoms with van der Waals surface area (Å²) in [5.74, 6) is 0.509. The summed E-state index contributed by atoms with van der Waals surface area (Å²) in [5, 5.41) is 6.95. The molecule has 0 saturated heterocycles. The van der Waals surface area contributed by atoms with Gasteiger partial charge in [-0.05, 0) is 25.7 Å². The van der Waals surface area contributed by atoms with Crippen LogP contribution in [0.5, 0.6) is 0 Å². The van der Waals surface area contributed by atoms with Crippen LogP contribution in [0.15, 0.2) is 6.20 Å². The molecule has 82 valence electrons. The van der Waals surface area contributed by atoms with E-state index >= 15 is 0 Å². The Morgan fingerprint density at radius 1 is 1.73 bits per heavy atom. The molecule has 15 heavy (non-hydrogen) atoms. The summed E-state index contributed by atoms with van der Waals surface area (Å²) < 4.78 is 1.67. The van der Waals surface area contributed by atoms with Crippen molar-refractivity contribution in [1.29, 1.82) is 0 Å². The third-order valence-corrected chi connectivity index (χ3v) is 2.58. The van der Waals surface area contributed by atoms with E-state index in [1.807, 2.05) is 6.92 Å². The maximum Gasteiger partial charge on any atom is 0.273 e. The zero-order valence-electron chi connectivity index (χ0n) is 8.86. The number of aromatic nitrogens is 2. The molecule has 3 N–H and O–H groups in total. The summed E-state index contributed by atoms with van der Waals surface area (Å²) in [6.45, 7) is 3.43. The highest BCUT2D eigenvalue weighted by molar-refractivity contribution is 5.96. The molecule has 1 aromatic rings. The summed E-state index contributed by atoms with van der Waals surface area (Å²) in [5.41, 5.74) is 6.49. The van der Waals surface area contributed by atoms with Gasteiger partial charge in [-0.25, -0.2) is 0 Å². The minimum atomic E-state index is -0.161. The monoisotopic (exact) mass is 208 g/mol. The van der Waals surface area contributed by atoms with Gasteiger partial charge in [0.2, 0.25) is 0 Å². The summed E-state index contributed by atoms with van der Waals surface area (Å²) in [6, 6.07) is 0. The van der Waals surface area contributed by atoms with Crippen LogP contribution in [0.3, 0.4) is 0 Å². The molecule has 0 radical (unpaired) electrons. The van der Waals surface area contributed by atoms with Crippen LogP contribution in [0.2, 0.25) is 0 Å². The molecule has 1 fully saturated rings. The van der Waals surface area contributed by atoms with Crippen molar-refractivity contribution in [3.63, 3.8) is 0 Å². The van der Waals surface area contributed by atoms with Crippen LogP contribution in [-0.2, 0) is 6.54 Å². The van der Waals surface area contributed by atoms with Crippen LogP contribution in [0.1, 0.15) is 30.3 Å². The zero-order valence-corrected chi connectivity index (χ0v) is 8.86. The first-order valence-corrected chi connectivity index (χ1v) is 5.31. The molecule has 0 bridgehead atoms. The molecule has 0 aliphatic heterocycles. The number of anilines is 1. The standard InChI is InChI=1S/C10H16N4O/c1-2-14-6-8(11)9(13-14)10(15)12-5-7-3-4-7/h6-7H,2-5,11H2,1H3,(H,12,15). The molecule has 5 heteroatoms. The molecule has 1 aromatic heterocycles. The molecule has 1 aliphatic carbocycles. The Morgan fingerprint density at radius 3 is 3.00 bits per heavy atom. The molecular formula is C10H16N4O. The fourth-order valence-electron chi connectivity index (χ4n) is 1.42. The summed E-state index contributed by atoms with van der Waals surface area (Å²) in [7, 11) is 0. The largest absolute Gasteiger partial charge is 0.396 e. The maximum absolute atomic E-state index is 11.7. The first kappa shape index (κ1) is 10.0. The Kier molecular flexibility index (Phi) is 2.62. The van der Waals surface area contributed by atoms with Gasteiger partial charge in [-0.2, -0.15) is 5.10 Å². The number of rotatable bonds is 4. The van der Waals surface area contributed by atoms with Gasteiger partial charge in [0, 0.05) is 19.3 Å². The second kappa shape index (κ2) is 3.92. The van der Waals surface area contributed by atoms with E-state index in [1.54, 1.807) is 10.9 Å². The van der Waals surface area contributed by atoms with E-state index in [0.29, 0.717) is 17.3 Å². The Hall–Kier alpha value is -1.52. The van der Waals surface area contributed by atoms with E-state index in [2.05, 4.69) is 10.4 Å². The van der Waals surface area contributed by atoms with E-state index in [4.69, 9.17) is 5.73 Å². The molecule has 5 nitrogen and oxygen atoms in total. The third kappa shape index (κ3) is 2.29. The van der Waals surface area contributed by atoms with Crippen molar-refractivity contribution in [2.45, 2.75) is 26.3 Å². The fraction of sp³-hybridized carbons (Fsp3) is 0.600. The number of aryl methyl sites for hydroxylation is 1. The van der Waals surface area contributed by atoms with E-state index in [9.17, 15) is 4.79 Å². The minimum Gasteiger partial charge on any atom is -0.396 e. The van der Waals surface area contributed by atoms with Crippen molar-refractivity contribution >= 4 is 11.6 Å². The summed E-state index contributed by atoms with van der Waals surface area (Å²) in [4.78, 5) is 11.7. The van der Waals surface area contributed by atoms with Gasteiger partial charge in [-0.1, -0.05) is 0 Å². The molecule has 1 heterocycles. The minimum absolute atomic E-state index is 0.161. The molecule has 2 rings (SSSR count). The Bertz CT molecular complexity index is 367. The van der Waals surface area contributed by atoms with Gasteiger partial charge in [0.15, 0.2) is 5.69 Å². The van der Waals surface area contributed by atoms with Gasteiger partial charge in [0.05, 0.1) is 5.69 Å². The lowest BCUT2D eigenvalue weighted by Gasteiger charge is -2.01. The Morgan fingerprint density at radius 2 is 2.47 bits per heavy atom. The van der Waals surface area contributed by atoms with Gasteiger partial charge >= 0.3 is 0 Å². The predicted molar refractivity (Wildman–Crippen MR) is 57.4 cm³/mol. The first-order valence-electron chi connectivity index (χ1n) is 5.31. The second-order valence-corrected chi connectivity index (χ2v) is 3.94. The molecule has 0 unspecified atom stereocenters. The van der Waals surface area contributed by atoms with Crippen molar-refractivity contribution in [1.82, 2.24) is 15.1 Å². The Labute approximate surface area is 88.6 Å². The molecule has 0 atom stereocenters. The van der Waals surface area contributed by atoms with Gasteiger partial charge < -0.3 is 11.1 Å². The summed E-state index contributed by atoms with van der Waals surface area (Å²) >= 11 is 0. The van der Waals surface area contributed by atoms with Crippen molar-refractivity contribution in [2.75, 3.05) is 12.3 Å². The number of hydrogen-bond acceptors (Lipinski definition) is 3. The number of carbonyl (C=O) groups is 1. The molecule has 1 amide bonds. The van der Waals surface area contributed by atoms with E-state index in [0.717, 1.165) is 13.1 Å².